The van der Waals surface area contributed by atoms with Gasteiger partial charge in [-0.25, -0.2) is 4.98 Å². The van der Waals surface area contributed by atoms with Gasteiger partial charge in [0.15, 0.2) is 0 Å². The Bertz CT molecular complexity index is 663. The number of hydrogen-bond acceptors (Lipinski definition) is 4. The van der Waals surface area contributed by atoms with Crippen molar-refractivity contribution in [1.29, 1.82) is 0 Å². The summed E-state index contributed by atoms with van der Waals surface area (Å²) < 4.78 is 8.18. The van der Waals surface area contributed by atoms with Crippen LogP contribution in [0.2, 0.25) is 5.15 Å². The highest BCUT2D eigenvalue weighted by Crippen LogP contribution is 2.10. The summed E-state index contributed by atoms with van der Waals surface area (Å²) in [5.74, 6) is 0.181. The number of aromatic nitrogens is 3. The van der Waals surface area contributed by atoms with E-state index in [1.54, 1.807) is 29.9 Å². The molecule has 7 heteroatoms. The van der Waals surface area contributed by atoms with E-state index in [1.807, 2.05) is 0 Å². The second kappa shape index (κ2) is 6.38. The van der Waals surface area contributed by atoms with Gasteiger partial charge in [0.1, 0.15) is 17.6 Å². The van der Waals surface area contributed by atoms with Crippen molar-refractivity contribution in [2.75, 3.05) is 0 Å². The minimum absolute atomic E-state index is 0.0613. The van der Waals surface area contributed by atoms with E-state index in [4.69, 9.17) is 16.3 Å². The van der Waals surface area contributed by atoms with Crippen molar-refractivity contribution in [2.45, 2.75) is 19.6 Å². The summed E-state index contributed by atoms with van der Waals surface area (Å²) in [6.07, 6.45) is 3.25. The SMILES string of the molecule is Cn1c(Cl)cnc1COC(=O)CCn1ccccc1=O. The molecule has 106 valence electrons. The van der Waals surface area contributed by atoms with E-state index in [0.29, 0.717) is 17.5 Å². The van der Waals surface area contributed by atoms with Gasteiger partial charge in [-0.15, -0.1) is 0 Å². The maximum Gasteiger partial charge on any atom is 0.308 e. The summed E-state index contributed by atoms with van der Waals surface area (Å²) >= 11 is 5.83. The van der Waals surface area contributed by atoms with Crippen LogP contribution < -0.4 is 5.56 Å². The third kappa shape index (κ3) is 3.48. The number of aryl methyl sites for hydroxylation is 1. The van der Waals surface area contributed by atoms with Crippen molar-refractivity contribution in [3.05, 3.63) is 51.9 Å². The molecule has 0 aliphatic heterocycles. The van der Waals surface area contributed by atoms with E-state index >= 15 is 0 Å². The van der Waals surface area contributed by atoms with Crippen LogP contribution in [-0.4, -0.2) is 20.1 Å². The van der Waals surface area contributed by atoms with Crippen molar-refractivity contribution in [3.8, 4) is 0 Å². The molecule has 0 aliphatic rings. The first-order chi connectivity index (χ1) is 9.58. The highest BCUT2D eigenvalue weighted by molar-refractivity contribution is 6.29. The molecule has 20 heavy (non-hydrogen) atoms. The standard InChI is InChI=1S/C13H14ClN3O3/c1-16-10(14)8-15-11(16)9-20-13(19)5-7-17-6-3-2-4-12(17)18/h2-4,6,8H,5,7,9H2,1H3. The molecule has 2 aromatic heterocycles. The third-order valence-corrected chi connectivity index (χ3v) is 3.20. The summed E-state index contributed by atoms with van der Waals surface area (Å²) in [6, 6.07) is 4.84. The van der Waals surface area contributed by atoms with Gasteiger partial charge in [0.05, 0.1) is 12.6 Å². The van der Waals surface area contributed by atoms with Crippen LogP contribution in [0.15, 0.2) is 35.4 Å². The molecule has 0 amide bonds. The first kappa shape index (κ1) is 14.3. The molecular weight excluding hydrogens is 282 g/mol. The Kier molecular flexibility index (Phi) is 4.57. The number of carbonyl (C=O) groups excluding carboxylic acids is 1. The minimum Gasteiger partial charge on any atom is -0.457 e. The molecule has 0 N–H and O–H groups in total. The zero-order valence-corrected chi connectivity index (χ0v) is 11.7. The van der Waals surface area contributed by atoms with Crippen molar-refractivity contribution in [2.24, 2.45) is 7.05 Å². The van der Waals surface area contributed by atoms with Gasteiger partial charge in [-0.2, -0.15) is 0 Å². The Morgan fingerprint density at radius 3 is 2.90 bits per heavy atom. The van der Waals surface area contributed by atoms with Crippen LogP contribution in [0.3, 0.4) is 0 Å². The third-order valence-electron chi connectivity index (χ3n) is 2.85. The number of esters is 1. The van der Waals surface area contributed by atoms with Crippen LogP contribution >= 0.6 is 11.6 Å². The average Bonchev–Trinajstić information content (AvgIpc) is 2.76. The maximum atomic E-state index is 11.6. The lowest BCUT2D eigenvalue weighted by molar-refractivity contribution is -0.145. The number of ether oxygens (including phenoxy) is 1. The molecule has 0 spiro atoms. The highest BCUT2D eigenvalue weighted by Gasteiger charge is 2.08. The van der Waals surface area contributed by atoms with Gasteiger partial charge in [-0.3, -0.25) is 9.59 Å². The van der Waals surface area contributed by atoms with Crippen LogP contribution in [0.1, 0.15) is 12.2 Å². The quantitative estimate of drug-likeness (QED) is 0.781. The van der Waals surface area contributed by atoms with Gasteiger partial charge in [-0.05, 0) is 6.07 Å². The van der Waals surface area contributed by atoms with Crippen LogP contribution in [0.25, 0.3) is 0 Å². The molecular formula is C13H14ClN3O3. The molecule has 0 saturated carbocycles. The van der Waals surface area contributed by atoms with E-state index in [2.05, 4.69) is 4.98 Å². The minimum atomic E-state index is -0.389. The Labute approximate surface area is 120 Å². The number of hydrogen-bond donors (Lipinski definition) is 0. The van der Waals surface area contributed by atoms with Gasteiger partial charge >= 0.3 is 5.97 Å². The van der Waals surface area contributed by atoms with Crippen LogP contribution in [0, 0.1) is 0 Å². The summed E-state index contributed by atoms with van der Waals surface area (Å²) in [5, 5.41) is 0.479. The Balaban J connectivity index is 1.83. The predicted octanol–water partition coefficient (Wildman–Crippen LogP) is 1.37. The highest BCUT2D eigenvalue weighted by atomic mass is 35.5. The molecule has 0 radical (unpaired) electrons. The Morgan fingerprint density at radius 1 is 1.45 bits per heavy atom. The predicted molar refractivity (Wildman–Crippen MR) is 73.3 cm³/mol. The fraction of sp³-hybridized carbons (Fsp3) is 0.308. The number of imidazole rings is 1. The van der Waals surface area contributed by atoms with Gasteiger partial charge in [0, 0.05) is 25.9 Å². The summed E-state index contributed by atoms with van der Waals surface area (Å²) in [6.45, 7) is 0.353. The van der Waals surface area contributed by atoms with Crippen LogP contribution in [0.5, 0.6) is 0 Å². The summed E-state index contributed by atoms with van der Waals surface area (Å²) in [5.41, 5.74) is -0.142. The lowest BCUT2D eigenvalue weighted by Gasteiger charge is -2.06. The van der Waals surface area contributed by atoms with E-state index in [1.165, 1.54) is 16.8 Å². The molecule has 2 aromatic rings. The first-order valence-corrected chi connectivity index (χ1v) is 6.43. The Morgan fingerprint density at radius 2 is 2.25 bits per heavy atom. The molecule has 0 saturated heterocycles. The maximum absolute atomic E-state index is 11.6. The van der Waals surface area contributed by atoms with E-state index in [9.17, 15) is 9.59 Å². The second-order valence-electron chi connectivity index (χ2n) is 4.20. The smallest absolute Gasteiger partial charge is 0.308 e. The second-order valence-corrected chi connectivity index (χ2v) is 4.59. The van der Waals surface area contributed by atoms with E-state index in [-0.39, 0.29) is 24.6 Å². The molecule has 0 atom stereocenters. The molecule has 0 fully saturated rings. The van der Waals surface area contributed by atoms with Gasteiger partial charge < -0.3 is 13.9 Å². The topological polar surface area (TPSA) is 66.1 Å². The fourth-order valence-corrected chi connectivity index (χ4v) is 1.78. The molecule has 0 unspecified atom stereocenters. The van der Waals surface area contributed by atoms with Crippen molar-refractivity contribution < 1.29 is 9.53 Å². The Hall–Kier alpha value is -2.08. The number of nitrogens with zero attached hydrogens (tertiary/aromatic N) is 3. The van der Waals surface area contributed by atoms with Gasteiger partial charge in [0.25, 0.3) is 5.56 Å². The zero-order chi connectivity index (χ0) is 14.5. The van der Waals surface area contributed by atoms with Crippen molar-refractivity contribution >= 4 is 17.6 Å². The number of halogens is 1. The fourth-order valence-electron chi connectivity index (χ4n) is 1.63. The van der Waals surface area contributed by atoms with Gasteiger partial charge in [0.2, 0.25) is 0 Å². The largest absolute Gasteiger partial charge is 0.457 e. The van der Waals surface area contributed by atoms with E-state index < -0.39 is 0 Å². The number of pyridine rings is 1. The number of rotatable bonds is 5. The molecule has 0 aliphatic carbocycles. The molecule has 2 heterocycles. The zero-order valence-electron chi connectivity index (χ0n) is 11.0. The molecule has 2 rings (SSSR count). The van der Waals surface area contributed by atoms with Crippen molar-refractivity contribution in [3.63, 3.8) is 0 Å². The van der Waals surface area contributed by atoms with E-state index in [0.717, 1.165) is 0 Å². The van der Waals surface area contributed by atoms with Gasteiger partial charge in [-0.1, -0.05) is 17.7 Å². The monoisotopic (exact) mass is 295 g/mol. The average molecular weight is 296 g/mol. The summed E-state index contributed by atoms with van der Waals surface area (Å²) in [4.78, 5) is 27.1. The lowest BCUT2D eigenvalue weighted by atomic mass is 10.4. The first-order valence-electron chi connectivity index (χ1n) is 6.05. The molecule has 0 aromatic carbocycles. The normalized spacial score (nSPS) is 10.5. The number of carbonyl (C=O) groups is 1. The lowest BCUT2D eigenvalue weighted by Crippen LogP contribution is -2.20. The van der Waals surface area contributed by atoms with Crippen LogP contribution in [-0.2, 0) is 29.7 Å². The van der Waals surface area contributed by atoms with Crippen LogP contribution in [0.4, 0.5) is 0 Å². The molecule has 6 nitrogen and oxygen atoms in total. The molecule has 0 bridgehead atoms. The summed E-state index contributed by atoms with van der Waals surface area (Å²) in [7, 11) is 1.74. The van der Waals surface area contributed by atoms with Crippen molar-refractivity contribution in [1.82, 2.24) is 14.1 Å².